The molecule has 1 N–H and O–H groups in total. The van der Waals surface area contributed by atoms with Gasteiger partial charge in [-0.25, -0.2) is 4.98 Å². The maximum atomic E-state index is 4.44. The molecule has 0 atom stereocenters. The van der Waals surface area contributed by atoms with Gasteiger partial charge in [-0.15, -0.1) is 22.7 Å². The fourth-order valence-electron chi connectivity index (χ4n) is 1.74. The molecule has 0 saturated heterocycles. The maximum absolute atomic E-state index is 4.44. The normalized spacial score (nSPS) is 10.7. The number of thiazole rings is 1. The molecule has 0 aromatic carbocycles. The summed E-state index contributed by atoms with van der Waals surface area (Å²) in [7, 11) is 0. The molecule has 0 radical (unpaired) electrons. The third-order valence-electron chi connectivity index (χ3n) is 2.66. The van der Waals surface area contributed by atoms with Crippen LogP contribution >= 0.6 is 22.7 Å². The minimum absolute atomic E-state index is 0.808. The van der Waals surface area contributed by atoms with Crippen LogP contribution in [0, 0.1) is 0 Å². The van der Waals surface area contributed by atoms with E-state index in [-0.39, 0.29) is 0 Å². The molecule has 3 heterocycles. The molecule has 96 valence electrons. The largest absolute Gasteiger partial charge is 0.306 e. The molecule has 0 aliphatic rings. The van der Waals surface area contributed by atoms with Gasteiger partial charge in [0.15, 0.2) is 0 Å². The molecule has 0 saturated carbocycles. The number of aromatic nitrogens is 2. The van der Waals surface area contributed by atoms with Crippen LogP contribution in [0.2, 0.25) is 0 Å². The summed E-state index contributed by atoms with van der Waals surface area (Å²) in [4.78, 5) is 11.1. The van der Waals surface area contributed by atoms with Gasteiger partial charge in [-0.1, -0.05) is 12.1 Å². The number of rotatable bonds is 5. The van der Waals surface area contributed by atoms with Gasteiger partial charge in [-0.3, -0.25) is 4.98 Å². The molecule has 3 aromatic rings. The minimum Gasteiger partial charge on any atom is -0.306 e. The summed E-state index contributed by atoms with van der Waals surface area (Å²) in [5.74, 6) is 0. The Bertz CT molecular complexity index is 617. The van der Waals surface area contributed by atoms with Crippen LogP contribution in [0.15, 0.2) is 48.2 Å². The highest BCUT2D eigenvalue weighted by Gasteiger charge is 2.04. The Kier molecular flexibility index (Phi) is 3.98. The van der Waals surface area contributed by atoms with E-state index in [0.717, 1.165) is 23.7 Å². The van der Waals surface area contributed by atoms with Gasteiger partial charge in [-0.05, 0) is 17.5 Å². The molecule has 19 heavy (non-hydrogen) atoms. The van der Waals surface area contributed by atoms with E-state index in [1.807, 2.05) is 18.5 Å². The lowest BCUT2D eigenvalue weighted by atomic mass is 10.3. The van der Waals surface area contributed by atoms with Crippen molar-refractivity contribution in [3.8, 4) is 10.4 Å². The molecular weight excluding hydrogens is 274 g/mol. The standard InChI is InChI=1S/C14H13N3S2/c1-3-11(7-15-5-1)13-9-17-14(19-13)10-16-8-12-4-2-6-18-12/h1-7,9,16H,8,10H2. The van der Waals surface area contributed by atoms with E-state index in [9.17, 15) is 0 Å². The second kappa shape index (κ2) is 6.06. The summed E-state index contributed by atoms with van der Waals surface area (Å²) in [5.41, 5.74) is 1.13. The first-order valence-electron chi connectivity index (χ1n) is 6.00. The molecule has 0 fully saturated rings. The Morgan fingerprint density at radius 2 is 2.11 bits per heavy atom. The van der Waals surface area contributed by atoms with Crippen molar-refractivity contribution in [1.82, 2.24) is 15.3 Å². The van der Waals surface area contributed by atoms with Gasteiger partial charge in [0.2, 0.25) is 0 Å². The average Bonchev–Trinajstić information content (AvgIpc) is 3.11. The van der Waals surface area contributed by atoms with Gasteiger partial charge in [0.25, 0.3) is 0 Å². The topological polar surface area (TPSA) is 37.8 Å². The van der Waals surface area contributed by atoms with Crippen LogP contribution in [-0.2, 0) is 13.1 Å². The smallest absolute Gasteiger partial charge is 0.107 e. The summed E-state index contributed by atoms with van der Waals surface area (Å²) in [6.07, 6.45) is 5.58. The van der Waals surface area contributed by atoms with Crippen molar-refractivity contribution in [1.29, 1.82) is 0 Å². The van der Waals surface area contributed by atoms with Crippen LogP contribution in [0.1, 0.15) is 9.88 Å². The molecule has 0 aliphatic heterocycles. The lowest BCUT2D eigenvalue weighted by molar-refractivity contribution is 0.697. The van der Waals surface area contributed by atoms with Gasteiger partial charge in [0, 0.05) is 42.1 Å². The average molecular weight is 287 g/mol. The molecule has 0 spiro atoms. The Hall–Kier alpha value is -1.56. The first-order valence-corrected chi connectivity index (χ1v) is 7.69. The first kappa shape index (κ1) is 12.5. The van der Waals surface area contributed by atoms with Gasteiger partial charge in [0.1, 0.15) is 5.01 Å². The lowest BCUT2D eigenvalue weighted by Gasteiger charge is -1.99. The van der Waals surface area contributed by atoms with E-state index >= 15 is 0 Å². The summed E-state index contributed by atoms with van der Waals surface area (Å²) in [6, 6.07) is 8.22. The van der Waals surface area contributed by atoms with Crippen LogP contribution in [0.5, 0.6) is 0 Å². The molecule has 3 rings (SSSR count). The zero-order valence-electron chi connectivity index (χ0n) is 10.2. The zero-order chi connectivity index (χ0) is 12.9. The van der Waals surface area contributed by atoms with E-state index in [4.69, 9.17) is 0 Å². The summed E-state index contributed by atoms with van der Waals surface area (Å²) >= 11 is 3.49. The summed E-state index contributed by atoms with van der Waals surface area (Å²) in [5, 5.41) is 6.62. The fraction of sp³-hybridized carbons (Fsp3) is 0.143. The molecule has 3 aromatic heterocycles. The SMILES string of the molecule is c1cncc(-c2cnc(CNCc3cccs3)s2)c1. The van der Waals surface area contributed by atoms with Gasteiger partial charge in [0.05, 0.1) is 4.88 Å². The predicted molar refractivity (Wildman–Crippen MR) is 80.2 cm³/mol. The van der Waals surface area contributed by atoms with E-state index in [1.165, 1.54) is 9.75 Å². The Balaban J connectivity index is 1.59. The number of hydrogen-bond donors (Lipinski definition) is 1. The van der Waals surface area contributed by atoms with Crippen molar-refractivity contribution in [3.05, 3.63) is 58.1 Å². The van der Waals surface area contributed by atoms with Crippen molar-refractivity contribution in [3.63, 3.8) is 0 Å². The van der Waals surface area contributed by atoms with Gasteiger partial charge >= 0.3 is 0 Å². The van der Waals surface area contributed by atoms with Crippen LogP contribution in [0.3, 0.4) is 0 Å². The van der Waals surface area contributed by atoms with E-state index in [1.54, 1.807) is 28.9 Å². The zero-order valence-corrected chi connectivity index (χ0v) is 11.9. The van der Waals surface area contributed by atoms with E-state index in [2.05, 4.69) is 38.9 Å². The van der Waals surface area contributed by atoms with Crippen LogP contribution in [0.4, 0.5) is 0 Å². The third kappa shape index (κ3) is 3.26. The maximum Gasteiger partial charge on any atom is 0.107 e. The molecule has 0 amide bonds. The van der Waals surface area contributed by atoms with Crippen LogP contribution in [-0.4, -0.2) is 9.97 Å². The number of nitrogens with zero attached hydrogens (tertiary/aromatic N) is 2. The number of nitrogens with one attached hydrogen (secondary N) is 1. The Morgan fingerprint density at radius 1 is 1.11 bits per heavy atom. The minimum atomic E-state index is 0.808. The van der Waals surface area contributed by atoms with E-state index in [0.29, 0.717) is 0 Å². The van der Waals surface area contributed by atoms with Crippen molar-refractivity contribution in [2.75, 3.05) is 0 Å². The van der Waals surface area contributed by atoms with Gasteiger partial charge < -0.3 is 5.32 Å². The highest BCUT2D eigenvalue weighted by molar-refractivity contribution is 7.15. The molecule has 5 heteroatoms. The van der Waals surface area contributed by atoms with Gasteiger partial charge in [-0.2, -0.15) is 0 Å². The summed E-state index contributed by atoms with van der Waals surface area (Å²) < 4.78 is 0. The molecule has 3 nitrogen and oxygen atoms in total. The number of hydrogen-bond acceptors (Lipinski definition) is 5. The van der Waals surface area contributed by atoms with E-state index < -0.39 is 0 Å². The second-order valence-corrected chi connectivity index (χ2v) is 6.19. The summed E-state index contributed by atoms with van der Waals surface area (Å²) in [6.45, 7) is 1.71. The highest BCUT2D eigenvalue weighted by Crippen LogP contribution is 2.25. The monoisotopic (exact) mass is 287 g/mol. The second-order valence-electron chi connectivity index (χ2n) is 4.04. The van der Waals surface area contributed by atoms with Crippen molar-refractivity contribution in [2.45, 2.75) is 13.1 Å². The lowest BCUT2D eigenvalue weighted by Crippen LogP contribution is -2.11. The van der Waals surface area contributed by atoms with Crippen molar-refractivity contribution >= 4 is 22.7 Å². The molecular formula is C14H13N3S2. The molecule has 0 bridgehead atoms. The Labute approximate surface area is 120 Å². The van der Waals surface area contributed by atoms with Crippen molar-refractivity contribution < 1.29 is 0 Å². The molecule has 0 unspecified atom stereocenters. The number of thiophene rings is 1. The predicted octanol–water partition coefficient (Wildman–Crippen LogP) is 3.56. The highest BCUT2D eigenvalue weighted by atomic mass is 32.1. The number of pyridine rings is 1. The molecule has 0 aliphatic carbocycles. The van der Waals surface area contributed by atoms with Crippen LogP contribution < -0.4 is 5.32 Å². The fourth-order valence-corrected chi connectivity index (χ4v) is 3.29. The first-order chi connectivity index (χ1) is 9.42. The third-order valence-corrected chi connectivity index (χ3v) is 4.58. The van der Waals surface area contributed by atoms with Crippen molar-refractivity contribution in [2.24, 2.45) is 0 Å². The van der Waals surface area contributed by atoms with Crippen LogP contribution in [0.25, 0.3) is 10.4 Å². The Morgan fingerprint density at radius 3 is 2.89 bits per heavy atom. The quantitative estimate of drug-likeness (QED) is 0.779.